The van der Waals surface area contributed by atoms with E-state index in [-0.39, 0.29) is 23.4 Å². The van der Waals surface area contributed by atoms with Crippen molar-refractivity contribution < 1.29 is 14.5 Å². The van der Waals surface area contributed by atoms with Crippen LogP contribution in [0.3, 0.4) is 0 Å². The van der Waals surface area contributed by atoms with Crippen molar-refractivity contribution in [3.8, 4) is 5.75 Å². The van der Waals surface area contributed by atoms with Crippen molar-refractivity contribution in [3.63, 3.8) is 0 Å². The molecular weight excluding hydrogens is 320 g/mol. The molecule has 1 amide bonds. The molecule has 136 valence electrons. The molecule has 25 heavy (non-hydrogen) atoms. The van der Waals surface area contributed by atoms with E-state index in [2.05, 4.69) is 6.92 Å². The maximum absolute atomic E-state index is 13.1. The van der Waals surface area contributed by atoms with E-state index in [1.54, 1.807) is 6.07 Å². The number of amides is 1. The van der Waals surface area contributed by atoms with Crippen molar-refractivity contribution in [3.05, 3.63) is 33.4 Å². The first-order valence-electron chi connectivity index (χ1n) is 9.01. The maximum Gasteiger partial charge on any atom is 0.311 e. The summed E-state index contributed by atoms with van der Waals surface area (Å²) >= 11 is 0. The van der Waals surface area contributed by atoms with Crippen molar-refractivity contribution in [2.45, 2.75) is 64.5 Å². The molecule has 1 saturated carbocycles. The lowest BCUT2D eigenvalue weighted by atomic mass is 9.82. The molecule has 1 aliphatic heterocycles. The van der Waals surface area contributed by atoms with Crippen LogP contribution in [0.1, 0.15) is 68.8 Å². The van der Waals surface area contributed by atoms with Gasteiger partial charge in [0.25, 0.3) is 5.91 Å². The number of hydrogen-bond donors (Lipinski definition) is 0. The van der Waals surface area contributed by atoms with Crippen LogP contribution in [-0.2, 0) is 5.54 Å². The monoisotopic (exact) mass is 346 g/mol. The molecule has 1 aliphatic carbocycles. The van der Waals surface area contributed by atoms with Crippen LogP contribution in [0.2, 0.25) is 0 Å². The Morgan fingerprint density at radius 1 is 1.28 bits per heavy atom. The predicted molar refractivity (Wildman–Crippen MR) is 94.9 cm³/mol. The Hall–Kier alpha value is -2.11. The Morgan fingerprint density at radius 2 is 1.92 bits per heavy atom. The number of rotatable bonds is 4. The fourth-order valence-corrected chi connectivity index (χ4v) is 4.50. The van der Waals surface area contributed by atoms with Crippen LogP contribution in [0.25, 0.3) is 0 Å². The number of methoxy groups -OCH3 is 1. The summed E-state index contributed by atoms with van der Waals surface area (Å²) in [4.78, 5) is 25.9. The Labute approximate surface area is 148 Å². The van der Waals surface area contributed by atoms with Crippen LogP contribution in [0, 0.1) is 16.0 Å². The van der Waals surface area contributed by atoms with E-state index in [0.717, 1.165) is 37.2 Å². The Balaban J connectivity index is 1.99. The number of benzene rings is 1. The third-order valence-corrected chi connectivity index (χ3v) is 5.99. The van der Waals surface area contributed by atoms with Gasteiger partial charge in [-0.1, -0.05) is 13.3 Å². The van der Waals surface area contributed by atoms with Crippen molar-refractivity contribution >= 4 is 11.6 Å². The summed E-state index contributed by atoms with van der Waals surface area (Å²) < 4.78 is 5.20. The van der Waals surface area contributed by atoms with E-state index >= 15 is 0 Å². The first-order chi connectivity index (χ1) is 11.8. The molecule has 6 nitrogen and oxygen atoms in total. The molecule has 0 radical (unpaired) electrons. The molecule has 0 bridgehead atoms. The summed E-state index contributed by atoms with van der Waals surface area (Å²) in [5.41, 5.74) is 0.619. The van der Waals surface area contributed by atoms with Crippen molar-refractivity contribution in [1.82, 2.24) is 4.90 Å². The lowest BCUT2D eigenvalue weighted by Crippen LogP contribution is -2.47. The van der Waals surface area contributed by atoms with Gasteiger partial charge < -0.3 is 9.64 Å². The van der Waals surface area contributed by atoms with Gasteiger partial charge in [-0.3, -0.25) is 14.9 Å². The fraction of sp³-hybridized carbons (Fsp3) is 0.632. The maximum atomic E-state index is 13.1. The minimum Gasteiger partial charge on any atom is -0.490 e. The second-order valence-electron chi connectivity index (χ2n) is 7.64. The van der Waals surface area contributed by atoms with Gasteiger partial charge in [0.05, 0.1) is 23.1 Å². The zero-order chi connectivity index (χ0) is 18.4. The average Bonchev–Trinajstić information content (AvgIpc) is 2.79. The largest absolute Gasteiger partial charge is 0.490 e. The molecular formula is C19H26N2O4. The second kappa shape index (κ2) is 6.32. The Morgan fingerprint density at radius 3 is 2.44 bits per heavy atom. The summed E-state index contributed by atoms with van der Waals surface area (Å²) in [5, 5.41) is 11.3. The summed E-state index contributed by atoms with van der Waals surface area (Å²) in [5.74, 6) is 0.868. The van der Waals surface area contributed by atoms with Crippen LogP contribution in [-0.4, -0.2) is 28.9 Å². The molecule has 0 saturated heterocycles. The smallest absolute Gasteiger partial charge is 0.311 e. The summed E-state index contributed by atoms with van der Waals surface area (Å²) in [6, 6.07) is 3.25. The summed E-state index contributed by atoms with van der Waals surface area (Å²) in [7, 11) is 1.42. The minimum absolute atomic E-state index is 0.0919. The third kappa shape index (κ3) is 2.77. The van der Waals surface area contributed by atoms with Gasteiger partial charge in [0.15, 0.2) is 5.75 Å². The quantitative estimate of drug-likeness (QED) is 0.603. The van der Waals surface area contributed by atoms with Crippen LogP contribution < -0.4 is 4.74 Å². The standard InChI is InChI=1S/C19H26N2O4/c1-5-12-6-8-13(9-7-12)20-18(22)14-10-16(21(23)24)17(25-4)11-15(14)19(20,2)3/h10-13H,5-9H2,1-4H3/t12-,13-. The van der Waals surface area contributed by atoms with Gasteiger partial charge in [0.1, 0.15) is 0 Å². The molecule has 1 heterocycles. The highest BCUT2D eigenvalue weighted by Gasteiger charge is 2.48. The van der Waals surface area contributed by atoms with Crippen molar-refractivity contribution in [2.24, 2.45) is 5.92 Å². The third-order valence-electron chi connectivity index (χ3n) is 5.99. The Bertz CT molecular complexity index is 706. The normalized spacial score (nSPS) is 25.0. The van der Waals surface area contributed by atoms with E-state index in [4.69, 9.17) is 4.74 Å². The average molecular weight is 346 g/mol. The summed E-state index contributed by atoms with van der Waals surface area (Å²) in [6.45, 7) is 6.26. The van der Waals surface area contributed by atoms with Gasteiger partial charge in [-0.05, 0) is 57.1 Å². The molecule has 1 fully saturated rings. The number of ether oxygens (including phenoxy) is 1. The minimum atomic E-state index is -0.492. The lowest BCUT2D eigenvalue weighted by molar-refractivity contribution is -0.385. The van der Waals surface area contributed by atoms with Gasteiger partial charge in [-0.2, -0.15) is 0 Å². The van der Waals surface area contributed by atoms with Crippen molar-refractivity contribution in [1.29, 1.82) is 0 Å². The number of nitrogens with zero attached hydrogens (tertiary/aromatic N) is 2. The predicted octanol–water partition coefficient (Wildman–Crippen LogP) is 4.26. The van der Waals surface area contributed by atoms with Gasteiger partial charge in [-0.15, -0.1) is 0 Å². The van der Waals surface area contributed by atoms with Crippen LogP contribution in [0.5, 0.6) is 5.75 Å². The molecule has 1 aromatic carbocycles. The zero-order valence-corrected chi connectivity index (χ0v) is 15.4. The van der Waals surface area contributed by atoms with Crippen molar-refractivity contribution in [2.75, 3.05) is 7.11 Å². The van der Waals surface area contributed by atoms with Crippen LogP contribution in [0.15, 0.2) is 12.1 Å². The highest BCUT2D eigenvalue weighted by atomic mass is 16.6. The first kappa shape index (κ1) is 17.7. The molecule has 0 N–H and O–H groups in total. The molecule has 0 spiro atoms. The van der Waals surface area contributed by atoms with Gasteiger partial charge in [-0.25, -0.2) is 0 Å². The molecule has 3 rings (SSSR count). The van der Waals surface area contributed by atoms with E-state index < -0.39 is 10.5 Å². The molecule has 1 aromatic rings. The topological polar surface area (TPSA) is 72.7 Å². The van der Waals surface area contributed by atoms with Crippen LogP contribution >= 0.6 is 0 Å². The van der Waals surface area contributed by atoms with E-state index in [9.17, 15) is 14.9 Å². The molecule has 0 atom stereocenters. The van der Waals surface area contributed by atoms with Crippen LogP contribution in [0.4, 0.5) is 5.69 Å². The molecule has 0 unspecified atom stereocenters. The molecule has 0 aromatic heterocycles. The van der Waals surface area contributed by atoms with Gasteiger partial charge >= 0.3 is 5.69 Å². The number of nitro benzene ring substituents is 1. The van der Waals surface area contributed by atoms with Gasteiger partial charge in [0.2, 0.25) is 0 Å². The first-order valence-corrected chi connectivity index (χ1v) is 9.01. The Kier molecular flexibility index (Phi) is 4.47. The second-order valence-corrected chi connectivity index (χ2v) is 7.64. The highest BCUT2D eigenvalue weighted by Crippen LogP contribution is 2.46. The van der Waals surface area contributed by atoms with Gasteiger partial charge in [0, 0.05) is 12.1 Å². The number of nitro groups is 1. The molecule has 6 heteroatoms. The molecule has 2 aliphatic rings. The number of hydrogen-bond acceptors (Lipinski definition) is 4. The lowest BCUT2D eigenvalue weighted by Gasteiger charge is -2.42. The number of fused-ring (bicyclic) bond motifs is 1. The summed E-state index contributed by atoms with van der Waals surface area (Å²) in [6.07, 6.45) is 5.47. The highest BCUT2D eigenvalue weighted by molar-refractivity contribution is 6.01. The fourth-order valence-electron chi connectivity index (χ4n) is 4.50. The SMILES string of the molecule is CC[C@H]1CC[C@H](N2C(=O)c3cc([N+](=O)[O-])c(OC)cc3C2(C)C)CC1. The number of carbonyl (C=O) groups is 1. The van der Waals surface area contributed by atoms with E-state index in [1.165, 1.54) is 19.6 Å². The number of carbonyl (C=O) groups excluding carboxylic acids is 1. The van der Waals surface area contributed by atoms with E-state index in [0.29, 0.717) is 5.56 Å². The van der Waals surface area contributed by atoms with E-state index in [1.807, 2.05) is 18.7 Å². The zero-order valence-electron chi connectivity index (χ0n) is 15.4.